The number of nitrogens with two attached hydrogens (primary N) is 1. The van der Waals surface area contributed by atoms with Crippen LogP contribution in [0.5, 0.6) is 0 Å². The highest BCUT2D eigenvalue weighted by molar-refractivity contribution is 6.31. The van der Waals surface area contributed by atoms with Crippen molar-refractivity contribution in [1.82, 2.24) is 5.32 Å². The summed E-state index contributed by atoms with van der Waals surface area (Å²) in [6, 6.07) is 7.51. The molecule has 1 aromatic carbocycles. The first-order valence-electron chi connectivity index (χ1n) is 7.09. The van der Waals surface area contributed by atoms with Crippen LogP contribution < -0.4 is 11.1 Å². The third-order valence-electron chi connectivity index (χ3n) is 3.60. The lowest BCUT2D eigenvalue weighted by Crippen LogP contribution is -2.28. The molecular weight excluding hydrogens is 272 g/mol. The first kappa shape index (κ1) is 17.0. The molecule has 0 heterocycles. The van der Waals surface area contributed by atoms with Gasteiger partial charge in [-0.05, 0) is 43.4 Å². The number of rotatable bonds is 7. The molecule has 3 N–H and O–H groups in total. The molecule has 0 aliphatic heterocycles. The Morgan fingerprint density at radius 1 is 1.35 bits per heavy atom. The van der Waals surface area contributed by atoms with Gasteiger partial charge in [0.05, 0.1) is 6.04 Å². The normalized spacial score (nSPS) is 13.1. The molecule has 0 aromatic heterocycles. The van der Waals surface area contributed by atoms with Gasteiger partial charge in [0.15, 0.2) is 0 Å². The fourth-order valence-electron chi connectivity index (χ4n) is 2.19. The van der Waals surface area contributed by atoms with Crippen molar-refractivity contribution >= 4 is 17.5 Å². The third-order valence-corrected chi connectivity index (χ3v) is 3.94. The van der Waals surface area contributed by atoms with Crippen molar-refractivity contribution in [2.75, 3.05) is 6.54 Å². The van der Waals surface area contributed by atoms with Crippen molar-refractivity contribution in [2.45, 2.75) is 46.1 Å². The van der Waals surface area contributed by atoms with E-state index in [4.69, 9.17) is 17.3 Å². The van der Waals surface area contributed by atoms with E-state index >= 15 is 0 Å². The van der Waals surface area contributed by atoms with Gasteiger partial charge < -0.3 is 11.1 Å². The minimum atomic E-state index is -0.0752. The van der Waals surface area contributed by atoms with Gasteiger partial charge in [0.25, 0.3) is 0 Å². The highest BCUT2D eigenvalue weighted by Crippen LogP contribution is 2.26. The van der Waals surface area contributed by atoms with Crippen molar-refractivity contribution < 1.29 is 4.79 Å². The van der Waals surface area contributed by atoms with Crippen molar-refractivity contribution in [3.8, 4) is 0 Å². The van der Waals surface area contributed by atoms with Crippen LogP contribution in [-0.2, 0) is 4.79 Å². The van der Waals surface area contributed by atoms with Crippen molar-refractivity contribution in [2.24, 2.45) is 11.1 Å². The van der Waals surface area contributed by atoms with E-state index in [-0.39, 0.29) is 17.4 Å². The average molecular weight is 297 g/mol. The number of carbonyl (C=O) groups excluding carboxylic acids is 1. The molecule has 0 bridgehead atoms. The summed E-state index contributed by atoms with van der Waals surface area (Å²) in [5.74, 6) is 0.0579. The highest BCUT2D eigenvalue weighted by atomic mass is 35.5. The number of carbonyl (C=O) groups is 1. The molecular formula is C16H25ClN2O. The molecule has 0 spiro atoms. The van der Waals surface area contributed by atoms with E-state index in [0.717, 1.165) is 18.4 Å². The molecule has 0 aliphatic carbocycles. The maximum atomic E-state index is 12.0. The monoisotopic (exact) mass is 296 g/mol. The minimum absolute atomic E-state index is 0.0579. The fourth-order valence-corrected chi connectivity index (χ4v) is 2.48. The quantitative estimate of drug-likeness (QED) is 0.806. The van der Waals surface area contributed by atoms with E-state index in [1.54, 1.807) is 0 Å². The molecule has 3 nitrogen and oxygen atoms in total. The highest BCUT2D eigenvalue weighted by Gasteiger charge is 2.19. The summed E-state index contributed by atoms with van der Waals surface area (Å²) in [5, 5.41) is 3.68. The van der Waals surface area contributed by atoms with Gasteiger partial charge in [0.2, 0.25) is 5.91 Å². The van der Waals surface area contributed by atoms with Crippen molar-refractivity contribution in [3.63, 3.8) is 0 Å². The molecule has 1 amide bonds. The van der Waals surface area contributed by atoms with Crippen LogP contribution in [-0.4, -0.2) is 12.5 Å². The van der Waals surface area contributed by atoms with Crippen LogP contribution in [0.15, 0.2) is 24.3 Å². The Kier molecular flexibility index (Phi) is 6.50. The van der Waals surface area contributed by atoms with Gasteiger partial charge in [-0.15, -0.1) is 0 Å². The predicted molar refractivity (Wildman–Crippen MR) is 84.7 cm³/mol. The summed E-state index contributed by atoms with van der Waals surface area (Å²) in [4.78, 5) is 12.0. The lowest BCUT2D eigenvalue weighted by molar-refractivity contribution is -0.122. The van der Waals surface area contributed by atoms with Crippen LogP contribution in [0.25, 0.3) is 0 Å². The van der Waals surface area contributed by atoms with Crippen LogP contribution in [0.1, 0.15) is 51.6 Å². The Labute approximate surface area is 126 Å². The molecule has 112 valence electrons. The fraction of sp³-hybridized carbons (Fsp3) is 0.562. The number of halogens is 1. The van der Waals surface area contributed by atoms with Crippen LogP contribution in [0.3, 0.4) is 0 Å². The van der Waals surface area contributed by atoms with E-state index < -0.39 is 0 Å². The largest absolute Gasteiger partial charge is 0.350 e. The van der Waals surface area contributed by atoms with Crippen LogP contribution >= 0.6 is 11.6 Å². The van der Waals surface area contributed by atoms with Gasteiger partial charge in [0, 0.05) is 11.4 Å². The summed E-state index contributed by atoms with van der Waals surface area (Å²) in [6.07, 6.45) is 2.29. The maximum absolute atomic E-state index is 12.0. The van der Waals surface area contributed by atoms with Gasteiger partial charge in [0.1, 0.15) is 0 Å². The van der Waals surface area contributed by atoms with Gasteiger partial charge in [-0.1, -0.05) is 43.6 Å². The van der Waals surface area contributed by atoms with Crippen LogP contribution in [0.4, 0.5) is 0 Å². The molecule has 0 aliphatic rings. The first-order chi connectivity index (χ1) is 9.35. The van der Waals surface area contributed by atoms with E-state index in [1.807, 2.05) is 31.2 Å². The molecule has 4 heteroatoms. The zero-order valence-corrected chi connectivity index (χ0v) is 13.3. The standard InChI is InChI=1S/C16H25ClN2O/c1-12(13-6-4-5-7-14(13)17)19-15(20)8-9-16(2,3)10-11-18/h4-7,12H,8-11,18H2,1-3H3,(H,19,20)/t12-/m0/s1. The molecule has 1 aromatic rings. The summed E-state index contributed by atoms with van der Waals surface area (Å²) >= 11 is 6.13. The predicted octanol–water partition coefficient (Wildman–Crippen LogP) is 3.67. The lowest BCUT2D eigenvalue weighted by Gasteiger charge is -2.24. The molecule has 1 rings (SSSR count). The van der Waals surface area contributed by atoms with E-state index in [1.165, 1.54) is 0 Å². The summed E-state index contributed by atoms with van der Waals surface area (Å²) in [6.45, 7) is 6.89. The van der Waals surface area contributed by atoms with E-state index in [0.29, 0.717) is 18.0 Å². The van der Waals surface area contributed by atoms with Crippen molar-refractivity contribution in [3.05, 3.63) is 34.9 Å². The number of hydrogen-bond acceptors (Lipinski definition) is 2. The second kappa shape index (κ2) is 7.65. The van der Waals surface area contributed by atoms with Crippen LogP contribution in [0, 0.1) is 5.41 Å². The minimum Gasteiger partial charge on any atom is -0.350 e. The number of benzene rings is 1. The summed E-state index contributed by atoms with van der Waals surface area (Å²) in [5.41, 5.74) is 6.64. The number of amides is 1. The van der Waals surface area contributed by atoms with E-state index in [2.05, 4.69) is 19.2 Å². The SMILES string of the molecule is C[C@H](NC(=O)CCC(C)(C)CCN)c1ccccc1Cl. The summed E-state index contributed by atoms with van der Waals surface area (Å²) in [7, 11) is 0. The van der Waals surface area contributed by atoms with E-state index in [9.17, 15) is 4.79 Å². The smallest absolute Gasteiger partial charge is 0.220 e. The topological polar surface area (TPSA) is 55.1 Å². The zero-order valence-electron chi connectivity index (χ0n) is 12.6. The second-order valence-electron chi connectivity index (χ2n) is 6.01. The molecule has 0 fully saturated rings. The number of nitrogens with one attached hydrogen (secondary N) is 1. The van der Waals surface area contributed by atoms with Crippen LogP contribution in [0.2, 0.25) is 5.02 Å². The average Bonchev–Trinajstić information content (AvgIpc) is 2.37. The summed E-state index contributed by atoms with van der Waals surface area (Å²) < 4.78 is 0. The molecule has 0 saturated carbocycles. The molecule has 0 unspecified atom stereocenters. The first-order valence-corrected chi connectivity index (χ1v) is 7.47. The Balaban J connectivity index is 2.49. The van der Waals surface area contributed by atoms with Gasteiger partial charge in [-0.25, -0.2) is 0 Å². The second-order valence-corrected chi connectivity index (χ2v) is 6.42. The Morgan fingerprint density at radius 3 is 2.60 bits per heavy atom. The Bertz CT molecular complexity index is 446. The third kappa shape index (κ3) is 5.51. The Morgan fingerprint density at radius 2 is 2.00 bits per heavy atom. The maximum Gasteiger partial charge on any atom is 0.220 e. The van der Waals surface area contributed by atoms with Gasteiger partial charge >= 0.3 is 0 Å². The Hall–Kier alpha value is -1.06. The number of hydrogen-bond donors (Lipinski definition) is 2. The van der Waals surface area contributed by atoms with Gasteiger partial charge in [-0.3, -0.25) is 4.79 Å². The molecule has 0 saturated heterocycles. The zero-order chi connectivity index (χ0) is 15.2. The molecule has 0 radical (unpaired) electrons. The van der Waals surface area contributed by atoms with Gasteiger partial charge in [-0.2, -0.15) is 0 Å². The van der Waals surface area contributed by atoms with Crippen molar-refractivity contribution in [1.29, 1.82) is 0 Å². The molecule has 20 heavy (non-hydrogen) atoms. The lowest BCUT2D eigenvalue weighted by atomic mass is 9.84. The molecule has 1 atom stereocenters.